The van der Waals surface area contributed by atoms with Crippen LogP contribution in [0.5, 0.6) is 0 Å². The minimum Gasteiger partial charge on any atom is -0.465 e. The Labute approximate surface area is 197 Å². The van der Waals surface area contributed by atoms with Crippen molar-refractivity contribution in [1.29, 1.82) is 0 Å². The van der Waals surface area contributed by atoms with Crippen LogP contribution in [0.2, 0.25) is 0 Å². The van der Waals surface area contributed by atoms with Crippen LogP contribution in [0.25, 0.3) is 0 Å². The van der Waals surface area contributed by atoms with Crippen LogP contribution in [-0.4, -0.2) is 72.2 Å². The second kappa shape index (κ2) is 10.8. The monoisotopic (exact) mass is 453 g/mol. The first-order valence-electron chi connectivity index (χ1n) is 12.0. The van der Waals surface area contributed by atoms with Crippen molar-refractivity contribution >= 4 is 5.97 Å². The van der Waals surface area contributed by atoms with Crippen molar-refractivity contribution in [3.63, 3.8) is 0 Å². The van der Waals surface area contributed by atoms with E-state index in [0.29, 0.717) is 30.6 Å². The molecule has 0 bridgehead atoms. The molecule has 5 nitrogen and oxygen atoms in total. The average molecular weight is 454 g/mol. The van der Waals surface area contributed by atoms with Gasteiger partial charge in [0.05, 0.1) is 12.7 Å². The van der Waals surface area contributed by atoms with Crippen LogP contribution in [0.1, 0.15) is 47.3 Å². The summed E-state index contributed by atoms with van der Waals surface area (Å²) < 4.78 is 18.3. The maximum Gasteiger partial charge on any atom is 0.337 e. The Morgan fingerprint density at radius 2 is 1.55 bits per heavy atom. The summed E-state index contributed by atoms with van der Waals surface area (Å²) in [7, 11) is 1.41. The first-order chi connectivity index (χ1) is 15.9. The highest BCUT2D eigenvalue weighted by molar-refractivity contribution is 5.89. The Hall–Kier alpha value is -2.28. The number of likely N-dealkylation sites (tertiary alicyclic amines) is 1. The van der Waals surface area contributed by atoms with Crippen molar-refractivity contribution in [2.45, 2.75) is 58.2 Å². The summed E-state index contributed by atoms with van der Waals surface area (Å²) >= 11 is 0. The van der Waals surface area contributed by atoms with Gasteiger partial charge in [0.25, 0.3) is 0 Å². The molecule has 2 saturated heterocycles. The molecule has 0 aliphatic carbocycles. The second-order valence-electron chi connectivity index (χ2n) is 9.69. The lowest BCUT2D eigenvalue weighted by Gasteiger charge is -2.44. The maximum atomic E-state index is 13.5. The summed E-state index contributed by atoms with van der Waals surface area (Å²) in [5.41, 5.74) is 4.40. The zero-order valence-corrected chi connectivity index (χ0v) is 20.0. The Morgan fingerprint density at radius 1 is 0.909 bits per heavy atom. The molecular weight excluding hydrogens is 417 g/mol. The van der Waals surface area contributed by atoms with Crippen LogP contribution >= 0.6 is 0 Å². The summed E-state index contributed by atoms with van der Waals surface area (Å²) in [5.74, 6) is -0.298. The molecule has 178 valence electrons. The second-order valence-corrected chi connectivity index (χ2v) is 9.69. The number of alkyl halides is 1. The molecule has 0 N–H and O–H groups in total. The van der Waals surface area contributed by atoms with E-state index < -0.39 is 6.17 Å². The van der Waals surface area contributed by atoms with E-state index in [0.717, 1.165) is 39.3 Å². The average Bonchev–Trinajstić information content (AvgIpc) is 3.21. The highest BCUT2D eigenvalue weighted by atomic mass is 19.1. The van der Waals surface area contributed by atoms with Crippen molar-refractivity contribution in [2.24, 2.45) is 0 Å². The molecule has 2 fully saturated rings. The van der Waals surface area contributed by atoms with Gasteiger partial charge in [-0.3, -0.25) is 14.7 Å². The fourth-order valence-corrected chi connectivity index (χ4v) is 5.25. The summed E-state index contributed by atoms with van der Waals surface area (Å²) in [6, 6.07) is 17.4. The van der Waals surface area contributed by atoms with Crippen LogP contribution in [0.3, 0.4) is 0 Å². The lowest BCUT2D eigenvalue weighted by atomic mass is 10.0. The first kappa shape index (κ1) is 23.9. The van der Waals surface area contributed by atoms with Crippen molar-refractivity contribution in [3.8, 4) is 0 Å². The quantitative estimate of drug-likeness (QED) is 0.590. The van der Waals surface area contributed by atoms with Crippen LogP contribution in [0, 0.1) is 0 Å². The summed E-state index contributed by atoms with van der Waals surface area (Å²) in [6.07, 6.45) is -0.00835. The molecule has 33 heavy (non-hydrogen) atoms. The first-order valence-corrected chi connectivity index (χ1v) is 12.0. The number of piperazine rings is 1. The molecule has 0 saturated carbocycles. The summed E-state index contributed by atoms with van der Waals surface area (Å²) in [6.45, 7) is 10.7. The Morgan fingerprint density at radius 3 is 2.15 bits per heavy atom. The molecule has 2 aliphatic heterocycles. The van der Waals surface area contributed by atoms with Crippen molar-refractivity contribution in [3.05, 3.63) is 70.8 Å². The molecule has 1 unspecified atom stereocenters. The van der Waals surface area contributed by atoms with Gasteiger partial charge in [0.15, 0.2) is 0 Å². The van der Waals surface area contributed by atoms with Crippen LogP contribution in [0.4, 0.5) is 4.39 Å². The van der Waals surface area contributed by atoms with E-state index in [1.54, 1.807) is 0 Å². The lowest BCUT2D eigenvalue weighted by molar-refractivity contribution is 0.0290. The van der Waals surface area contributed by atoms with Gasteiger partial charge < -0.3 is 4.74 Å². The predicted molar refractivity (Wildman–Crippen MR) is 129 cm³/mol. The molecule has 2 aromatic carbocycles. The smallest absolute Gasteiger partial charge is 0.337 e. The van der Waals surface area contributed by atoms with Gasteiger partial charge in [-0.1, -0.05) is 36.4 Å². The highest BCUT2D eigenvalue weighted by Gasteiger charge is 2.29. The lowest BCUT2D eigenvalue weighted by Crippen LogP contribution is -2.55. The van der Waals surface area contributed by atoms with Gasteiger partial charge in [0.1, 0.15) is 6.17 Å². The van der Waals surface area contributed by atoms with Gasteiger partial charge in [0.2, 0.25) is 0 Å². The minimum atomic E-state index is -0.669. The molecule has 0 amide bonds. The van der Waals surface area contributed by atoms with E-state index in [1.165, 1.54) is 23.8 Å². The van der Waals surface area contributed by atoms with E-state index in [2.05, 4.69) is 52.8 Å². The van der Waals surface area contributed by atoms with E-state index >= 15 is 0 Å². The standard InChI is InChI=1S/C27H36FN3O2/c1-20-14-30(16-22-7-9-25(10-8-22)27(32)33-3)15-21(2)31(20)18-24-6-4-5-23(13-24)17-29-12-11-26(28)19-29/h4-10,13,20-21,26H,11-12,14-19H2,1-3H3/t20-,21+,26?. The number of carbonyl (C=O) groups excluding carboxylic acids is 1. The third-order valence-electron chi connectivity index (χ3n) is 6.94. The predicted octanol–water partition coefficient (Wildman–Crippen LogP) is 4.11. The van der Waals surface area contributed by atoms with Crippen LogP contribution in [-0.2, 0) is 24.4 Å². The van der Waals surface area contributed by atoms with Gasteiger partial charge in [0, 0.05) is 57.9 Å². The number of benzene rings is 2. The number of hydrogen-bond acceptors (Lipinski definition) is 5. The Balaban J connectivity index is 1.33. The zero-order valence-electron chi connectivity index (χ0n) is 20.0. The van der Waals surface area contributed by atoms with Gasteiger partial charge in [-0.05, 0) is 49.1 Å². The molecule has 0 radical (unpaired) electrons. The summed E-state index contributed by atoms with van der Waals surface area (Å²) in [4.78, 5) is 18.9. The zero-order chi connectivity index (χ0) is 23.4. The maximum absolute atomic E-state index is 13.5. The molecule has 4 rings (SSSR count). The van der Waals surface area contributed by atoms with Crippen LogP contribution in [0.15, 0.2) is 48.5 Å². The Bertz CT molecular complexity index is 923. The SMILES string of the molecule is COC(=O)c1ccc(CN2C[C@@H](C)N(Cc3cccc(CN4CCC(F)C4)c3)[C@@H](C)C2)cc1. The number of methoxy groups -OCH3 is 1. The van der Waals surface area contributed by atoms with Crippen LogP contribution < -0.4 is 0 Å². The molecule has 0 spiro atoms. The van der Waals surface area contributed by atoms with E-state index in [4.69, 9.17) is 4.74 Å². The number of carbonyl (C=O) groups is 1. The van der Waals surface area contributed by atoms with E-state index in [9.17, 15) is 9.18 Å². The van der Waals surface area contributed by atoms with Crippen molar-refractivity contribution in [2.75, 3.05) is 33.3 Å². The largest absolute Gasteiger partial charge is 0.465 e. The number of ether oxygens (including phenoxy) is 1. The molecule has 6 heteroatoms. The van der Waals surface area contributed by atoms with E-state index in [-0.39, 0.29) is 5.97 Å². The molecule has 0 aromatic heterocycles. The third kappa shape index (κ3) is 6.19. The molecule has 2 aliphatic rings. The third-order valence-corrected chi connectivity index (χ3v) is 6.94. The highest BCUT2D eigenvalue weighted by Crippen LogP contribution is 2.22. The number of rotatable bonds is 7. The minimum absolute atomic E-state index is 0.298. The van der Waals surface area contributed by atoms with E-state index in [1.807, 2.05) is 24.3 Å². The van der Waals surface area contributed by atoms with Gasteiger partial charge >= 0.3 is 5.97 Å². The Kier molecular flexibility index (Phi) is 7.78. The fourth-order valence-electron chi connectivity index (χ4n) is 5.25. The molecule has 3 atom stereocenters. The van der Waals surface area contributed by atoms with Gasteiger partial charge in [-0.2, -0.15) is 0 Å². The number of esters is 1. The van der Waals surface area contributed by atoms with Gasteiger partial charge in [-0.15, -0.1) is 0 Å². The molecular formula is C27H36FN3O2. The summed E-state index contributed by atoms with van der Waals surface area (Å²) in [5, 5.41) is 0. The molecule has 2 heterocycles. The van der Waals surface area contributed by atoms with Crippen molar-refractivity contribution in [1.82, 2.24) is 14.7 Å². The van der Waals surface area contributed by atoms with Crippen molar-refractivity contribution < 1.29 is 13.9 Å². The number of nitrogens with zero attached hydrogens (tertiary/aromatic N) is 3. The number of hydrogen-bond donors (Lipinski definition) is 0. The van der Waals surface area contributed by atoms with Gasteiger partial charge in [-0.25, -0.2) is 9.18 Å². The topological polar surface area (TPSA) is 36.0 Å². The fraction of sp³-hybridized carbons (Fsp3) is 0.519. The number of halogens is 1. The normalized spacial score (nSPS) is 24.8. The molecule has 2 aromatic rings.